The molecule has 1 unspecified atom stereocenters. The second-order valence-corrected chi connectivity index (χ2v) is 4.42. The van der Waals surface area contributed by atoms with Crippen LogP contribution in [-0.2, 0) is 22.6 Å². The van der Waals surface area contributed by atoms with Crippen molar-refractivity contribution in [1.82, 2.24) is 0 Å². The number of nitrogens with two attached hydrogens (primary N) is 1. The Morgan fingerprint density at radius 1 is 1.35 bits per heavy atom. The van der Waals surface area contributed by atoms with Crippen molar-refractivity contribution in [1.29, 1.82) is 0 Å². The molecule has 1 heterocycles. The van der Waals surface area contributed by atoms with E-state index >= 15 is 0 Å². The van der Waals surface area contributed by atoms with Crippen LogP contribution < -0.4 is 5.73 Å². The molecular weight excluding hydrogens is 221 g/mol. The van der Waals surface area contributed by atoms with Crippen molar-refractivity contribution in [3.8, 4) is 0 Å². The Morgan fingerprint density at radius 2 is 2.18 bits per heavy atom. The van der Waals surface area contributed by atoms with Gasteiger partial charge in [0, 0.05) is 19.1 Å². The molecule has 1 saturated heterocycles. The topological polar surface area (TPSA) is 44.5 Å². The van der Waals surface area contributed by atoms with Gasteiger partial charge in [-0.1, -0.05) is 6.07 Å². The fourth-order valence-electron chi connectivity index (χ4n) is 1.98. The van der Waals surface area contributed by atoms with Gasteiger partial charge >= 0.3 is 0 Å². The van der Waals surface area contributed by atoms with Gasteiger partial charge in [-0.3, -0.25) is 0 Å². The molecule has 1 aromatic carbocycles. The zero-order chi connectivity index (χ0) is 12.1. The van der Waals surface area contributed by atoms with Gasteiger partial charge in [0.2, 0.25) is 0 Å². The van der Waals surface area contributed by atoms with Gasteiger partial charge in [-0.05, 0) is 29.7 Å². The van der Waals surface area contributed by atoms with Gasteiger partial charge in [0.1, 0.15) is 5.82 Å². The van der Waals surface area contributed by atoms with Gasteiger partial charge in [-0.2, -0.15) is 0 Å². The molecule has 0 bridgehead atoms. The van der Waals surface area contributed by atoms with Crippen molar-refractivity contribution in [2.24, 2.45) is 11.7 Å². The lowest BCUT2D eigenvalue weighted by Gasteiger charge is -2.09. The Hall–Kier alpha value is -0.970. The van der Waals surface area contributed by atoms with E-state index in [2.05, 4.69) is 0 Å². The molecule has 94 valence electrons. The molecule has 0 spiro atoms. The van der Waals surface area contributed by atoms with Gasteiger partial charge in [0.15, 0.2) is 0 Å². The molecular formula is C13H18FNO2. The van der Waals surface area contributed by atoms with Gasteiger partial charge in [-0.15, -0.1) is 0 Å². The Kier molecular flexibility index (Phi) is 4.48. The van der Waals surface area contributed by atoms with Crippen LogP contribution in [0, 0.1) is 11.7 Å². The third kappa shape index (κ3) is 3.77. The van der Waals surface area contributed by atoms with E-state index in [0.717, 1.165) is 30.8 Å². The van der Waals surface area contributed by atoms with Crippen LogP contribution in [0.4, 0.5) is 4.39 Å². The molecule has 2 rings (SSSR count). The first-order valence-corrected chi connectivity index (χ1v) is 5.92. The number of hydrogen-bond acceptors (Lipinski definition) is 3. The second-order valence-electron chi connectivity index (χ2n) is 4.42. The molecule has 0 aliphatic carbocycles. The fourth-order valence-corrected chi connectivity index (χ4v) is 1.98. The van der Waals surface area contributed by atoms with E-state index in [9.17, 15) is 4.39 Å². The number of rotatable bonds is 5. The van der Waals surface area contributed by atoms with Crippen LogP contribution in [0.3, 0.4) is 0 Å². The van der Waals surface area contributed by atoms with Crippen LogP contribution in [0.25, 0.3) is 0 Å². The average molecular weight is 239 g/mol. The molecule has 1 aliphatic rings. The summed E-state index contributed by atoms with van der Waals surface area (Å²) in [4.78, 5) is 0. The Balaban J connectivity index is 1.83. The molecule has 0 amide bonds. The SMILES string of the molecule is NCc1cc(F)cc(COCC2CCOC2)c1. The predicted octanol–water partition coefficient (Wildman–Crippen LogP) is 1.84. The minimum absolute atomic E-state index is 0.254. The van der Waals surface area contributed by atoms with Crippen molar-refractivity contribution in [3.63, 3.8) is 0 Å². The summed E-state index contributed by atoms with van der Waals surface area (Å²) >= 11 is 0. The Bertz CT molecular complexity index is 364. The quantitative estimate of drug-likeness (QED) is 0.852. The van der Waals surface area contributed by atoms with E-state index < -0.39 is 0 Å². The van der Waals surface area contributed by atoms with Crippen molar-refractivity contribution in [3.05, 3.63) is 35.1 Å². The molecule has 3 nitrogen and oxygen atoms in total. The average Bonchev–Trinajstić information content (AvgIpc) is 2.81. The normalized spacial score (nSPS) is 19.8. The van der Waals surface area contributed by atoms with E-state index in [1.54, 1.807) is 0 Å². The summed E-state index contributed by atoms with van der Waals surface area (Å²) in [5.74, 6) is 0.230. The summed E-state index contributed by atoms with van der Waals surface area (Å²) < 4.78 is 24.0. The van der Waals surface area contributed by atoms with E-state index in [-0.39, 0.29) is 5.82 Å². The highest BCUT2D eigenvalue weighted by Gasteiger charge is 2.15. The standard InChI is InChI=1S/C13H18FNO2/c14-13-4-11(6-15)3-12(5-13)9-17-8-10-1-2-16-7-10/h3-5,10H,1-2,6-9,15H2. The largest absolute Gasteiger partial charge is 0.381 e. The molecule has 2 N–H and O–H groups in total. The highest BCUT2D eigenvalue weighted by Crippen LogP contribution is 2.14. The summed E-state index contributed by atoms with van der Waals surface area (Å²) in [5, 5.41) is 0. The molecule has 1 aromatic rings. The van der Waals surface area contributed by atoms with Crippen LogP contribution in [0.1, 0.15) is 17.5 Å². The van der Waals surface area contributed by atoms with Crippen LogP contribution in [-0.4, -0.2) is 19.8 Å². The predicted molar refractivity (Wildman–Crippen MR) is 62.9 cm³/mol. The summed E-state index contributed by atoms with van der Waals surface area (Å²) in [6, 6.07) is 4.83. The van der Waals surface area contributed by atoms with E-state index in [4.69, 9.17) is 15.2 Å². The highest BCUT2D eigenvalue weighted by molar-refractivity contribution is 5.24. The first kappa shape index (κ1) is 12.5. The number of benzene rings is 1. The van der Waals surface area contributed by atoms with E-state index in [0.29, 0.717) is 25.7 Å². The maximum Gasteiger partial charge on any atom is 0.123 e. The summed E-state index contributed by atoms with van der Waals surface area (Å²) in [7, 11) is 0. The van der Waals surface area contributed by atoms with Crippen LogP contribution >= 0.6 is 0 Å². The molecule has 0 aromatic heterocycles. The molecule has 0 radical (unpaired) electrons. The minimum Gasteiger partial charge on any atom is -0.381 e. The number of ether oxygens (including phenoxy) is 2. The maximum atomic E-state index is 13.2. The summed E-state index contributed by atoms with van der Waals surface area (Å²) in [5.41, 5.74) is 7.13. The van der Waals surface area contributed by atoms with Crippen LogP contribution in [0.15, 0.2) is 18.2 Å². The smallest absolute Gasteiger partial charge is 0.123 e. The summed E-state index contributed by atoms with van der Waals surface area (Å²) in [6.45, 7) is 3.06. The minimum atomic E-state index is -0.254. The lowest BCUT2D eigenvalue weighted by atomic mass is 10.1. The van der Waals surface area contributed by atoms with Crippen molar-refractivity contribution < 1.29 is 13.9 Å². The highest BCUT2D eigenvalue weighted by atomic mass is 19.1. The van der Waals surface area contributed by atoms with Crippen molar-refractivity contribution >= 4 is 0 Å². The lowest BCUT2D eigenvalue weighted by molar-refractivity contribution is 0.0790. The van der Waals surface area contributed by atoms with Crippen molar-refractivity contribution in [2.75, 3.05) is 19.8 Å². The molecule has 1 fully saturated rings. The summed E-state index contributed by atoms with van der Waals surface area (Å²) in [6.07, 6.45) is 1.05. The Morgan fingerprint density at radius 3 is 2.88 bits per heavy atom. The first-order chi connectivity index (χ1) is 8.28. The molecule has 1 aliphatic heterocycles. The Labute approximate surface area is 101 Å². The van der Waals surface area contributed by atoms with Gasteiger partial charge in [0.25, 0.3) is 0 Å². The van der Waals surface area contributed by atoms with Gasteiger partial charge in [0.05, 0.1) is 19.8 Å². The van der Waals surface area contributed by atoms with Gasteiger partial charge in [-0.25, -0.2) is 4.39 Å². The van der Waals surface area contributed by atoms with Crippen LogP contribution in [0.2, 0.25) is 0 Å². The first-order valence-electron chi connectivity index (χ1n) is 5.92. The van der Waals surface area contributed by atoms with Crippen molar-refractivity contribution in [2.45, 2.75) is 19.6 Å². The van der Waals surface area contributed by atoms with Gasteiger partial charge < -0.3 is 15.2 Å². The molecule has 0 saturated carbocycles. The van der Waals surface area contributed by atoms with E-state index in [1.165, 1.54) is 12.1 Å². The third-order valence-electron chi connectivity index (χ3n) is 2.90. The zero-order valence-electron chi connectivity index (χ0n) is 9.82. The van der Waals surface area contributed by atoms with Crippen LogP contribution in [0.5, 0.6) is 0 Å². The maximum absolute atomic E-state index is 13.2. The zero-order valence-corrected chi connectivity index (χ0v) is 9.82. The second kappa shape index (κ2) is 6.10. The third-order valence-corrected chi connectivity index (χ3v) is 2.90. The fraction of sp³-hybridized carbons (Fsp3) is 0.538. The molecule has 17 heavy (non-hydrogen) atoms. The number of halogens is 1. The monoisotopic (exact) mass is 239 g/mol. The lowest BCUT2D eigenvalue weighted by Crippen LogP contribution is -2.09. The van der Waals surface area contributed by atoms with E-state index in [1.807, 2.05) is 6.07 Å². The number of hydrogen-bond donors (Lipinski definition) is 1. The molecule has 1 atom stereocenters. The molecule has 4 heteroatoms.